The Hall–Kier alpha value is -1.10. The predicted molar refractivity (Wildman–Crippen MR) is 34.8 cm³/mol. The molecule has 0 radical (unpaired) electrons. The number of carboxylic acids is 1. The molecule has 0 spiro atoms. The molecule has 64 valence electrons. The molecule has 0 rings (SSSR count). The lowest BCUT2D eigenvalue weighted by Gasteiger charge is -2.17. The third-order valence-electron chi connectivity index (χ3n) is 1.42. The number of methoxy groups -OCH3 is 1. The second-order valence-electron chi connectivity index (χ2n) is 2.29. The maximum absolute atomic E-state index is 10.7. The van der Waals surface area contributed by atoms with E-state index >= 15 is 0 Å². The van der Waals surface area contributed by atoms with Gasteiger partial charge in [0.25, 0.3) is 0 Å². The summed E-state index contributed by atoms with van der Waals surface area (Å²) in [5, 5.41) is 17.0. The molecule has 0 bridgehead atoms. The van der Waals surface area contributed by atoms with Gasteiger partial charge in [0, 0.05) is 0 Å². The smallest absolute Gasteiger partial charge is 0.325 e. The molecule has 1 unspecified atom stereocenters. The van der Waals surface area contributed by atoms with Crippen LogP contribution in [0.15, 0.2) is 0 Å². The van der Waals surface area contributed by atoms with E-state index in [1.807, 2.05) is 0 Å². The van der Waals surface area contributed by atoms with Crippen molar-refractivity contribution in [3.05, 3.63) is 0 Å². The van der Waals surface area contributed by atoms with Crippen molar-refractivity contribution in [3.63, 3.8) is 0 Å². The van der Waals surface area contributed by atoms with Gasteiger partial charge in [-0.1, -0.05) is 0 Å². The fraction of sp³-hybridized carbons (Fsp3) is 0.667. The average molecular weight is 162 g/mol. The summed E-state index contributed by atoms with van der Waals surface area (Å²) >= 11 is 0. The van der Waals surface area contributed by atoms with Crippen molar-refractivity contribution >= 4 is 11.9 Å². The Morgan fingerprint density at radius 1 is 1.55 bits per heavy atom. The number of esters is 1. The number of carbonyl (C=O) groups excluding carboxylic acids is 1. The Bertz CT molecular complexity index is 176. The second-order valence-corrected chi connectivity index (χ2v) is 2.29. The van der Waals surface area contributed by atoms with Crippen LogP contribution in [0.2, 0.25) is 0 Å². The van der Waals surface area contributed by atoms with Crippen molar-refractivity contribution in [2.45, 2.75) is 6.92 Å². The molecule has 1 atom stereocenters. The lowest BCUT2D eigenvalue weighted by molar-refractivity contribution is -0.168. The molecule has 0 aromatic rings. The highest BCUT2D eigenvalue weighted by Crippen LogP contribution is 2.16. The zero-order valence-electron chi connectivity index (χ0n) is 6.33. The first-order valence-electron chi connectivity index (χ1n) is 2.91. The van der Waals surface area contributed by atoms with Crippen LogP contribution in [0.3, 0.4) is 0 Å². The molecular weight excluding hydrogens is 152 g/mol. The van der Waals surface area contributed by atoms with E-state index in [1.165, 1.54) is 0 Å². The number of aliphatic hydroxyl groups excluding tert-OH is 1. The van der Waals surface area contributed by atoms with Crippen LogP contribution in [-0.4, -0.2) is 35.9 Å². The third kappa shape index (κ3) is 1.68. The molecule has 0 aliphatic heterocycles. The van der Waals surface area contributed by atoms with Crippen LogP contribution in [0.1, 0.15) is 6.92 Å². The lowest BCUT2D eigenvalue weighted by Crippen LogP contribution is -2.40. The summed E-state index contributed by atoms with van der Waals surface area (Å²) < 4.78 is 4.19. The van der Waals surface area contributed by atoms with E-state index < -0.39 is 24.0 Å². The minimum Gasteiger partial charge on any atom is -0.480 e. The van der Waals surface area contributed by atoms with E-state index in [0.717, 1.165) is 14.0 Å². The van der Waals surface area contributed by atoms with E-state index in [9.17, 15) is 9.59 Å². The van der Waals surface area contributed by atoms with Gasteiger partial charge < -0.3 is 14.9 Å². The van der Waals surface area contributed by atoms with Crippen LogP contribution in [0.5, 0.6) is 0 Å². The number of hydrogen-bond donors (Lipinski definition) is 2. The van der Waals surface area contributed by atoms with Gasteiger partial charge in [-0.15, -0.1) is 0 Å². The van der Waals surface area contributed by atoms with E-state index in [0.29, 0.717) is 0 Å². The van der Waals surface area contributed by atoms with Crippen LogP contribution in [0.4, 0.5) is 0 Å². The summed E-state index contributed by atoms with van der Waals surface area (Å²) in [5.74, 6) is -2.35. The number of hydrogen-bond acceptors (Lipinski definition) is 4. The summed E-state index contributed by atoms with van der Waals surface area (Å²) in [7, 11) is 1.07. The second kappa shape index (κ2) is 3.34. The van der Waals surface area contributed by atoms with Crippen molar-refractivity contribution in [2.24, 2.45) is 5.41 Å². The molecule has 2 N–H and O–H groups in total. The molecule has 0 aliphatic rings. The normalized spacial score (nSPS) is 15.2. The fourth-order valence-corrected chi connectivity index (χ4v) is 0.445. The molecule has 0 saturated heterocycles. The highest BCUT2D eigenvalue weighted by Gasteiger charge is 2.42. The van der Waals surface area contributed by atoms with Gasteiger partial charge >= 0.3 is 11.9 Å². The number of rotatable bonds is 3. The largest absolute Gasteiger partial charge is 0.480 e. The number of aliphatic hydroxyl groups is 1. The van der Waals surface area contributed by atoms with Gasteiger partial charge in [-0.2, -0.15) is 0 Å². The maximum Gasteiger partial charge on any atom is 0.325 e. The topological polar surface area (TPSA) is 83.8 Å². The molecule has 0 aromatic heterocycles. The molecule has 11 heavy (non-hydrogen) atoms. The van der Waals surface area contributed by atoms with Crippen molar-refractivity contribution < 1.29 is 24.5 Å². The molecule has 0 aliphatic carbocycles. The number of carboxylic acid groups (broad SMARTS) is 1. The van der Waals surface area contributed by atoms with Gasteiger partial charge in [0.2, 0.25) is 0 Å². The molecule has 0 fully saturated rings. The maximum atomic E-state index is 10.7. The number of carbonyl (C=O) groups is 2. The average Bonchev–Trinajstić information content (AvgIpc) is 2.01. The highest BCUT2D eigenvalue weighted by molar-refractivity contribution is 5.98. The van der Waals surface area contributed by atoms with Gasteiger partial charge in [0.15, 0.2) is 5.41 Å². The van der Waals surface area contributed by atoms with Crippen LogP contribution in [0.25, 0.3) is 0 Å². The van der Waals surface area contributed by atoms with Crippen molar-refractivity contribution in [2.75, 3.05) is 13.7 Å². The first kappa shape index (κ1) is 9.90. The fourth-order valence-electron chi connectivity index (χ4n) is 0.445. The minimum atomic E-state index is -1.84. The SMILES string of the molecule is COC(=O)C(C)(CO)C(=O)O. The first-order valence-corrected chi connectivity index (χ1v) is 2.91. The zero-order valence-corrected chi connectivity index (χ0v) is 6.33. The first-order chi connectivity index (χ1) is 4.99. The van der Waals surface area contributed by atoms with Gasteiger partial charge in [0.1, 0.15) is 0 Å². The Balaban J connectivity index is 4.59. The van der Waals surface area contributed by atoms with Crippen molar-refractivity contribution in [1.82, 2.24) is 0 Å². The van der Waals surface area contributed by atoms with Gasteiger partial charge in [-0.25, -0.2) is 0 Å². The molecule has 5 heteroatoms. The van der Waals surface area contributed by atoms with Crippen molar-refractivity contribution in [3.8, 4) is 0 Å². The van der Waals surface area contributed by atoms with Crippen molar-refractivity contribution in [1.29, 1.82) is 0 Å². The molecule has 0 saturated carbocycles. The Morgan fingerprint density at radius 3 is 2.09 bits per heavy atom. The van der Waals surface area contributed by atoms with E-state index in [2.05, 4.69) is 4.74 Å². The summed E-state index contributed by atoms with van der Waals surface area (Å²) in [6.07, 6.45) is 0. The highest BCUT2D eigenvalue weighted by atomic mass is 16.5. The summed E-state index contributed by atoms with van der Waals surface area (Å²) in [4.78, 5) is 21.1. The lowest BCUT2D eigenvalue weighted by atomic mass is 9.92. The summed E-state index contributed by atoms with van der Waals surface area (Å²) in [5.41, 5.74) is -1.84. The molecule has 0 amide bonds. The quantitative estimate of drug-likeness (QED) is 0.421. The minimum absolute atomic E-state index is 0.769. The van der Waals surface area contributed by atoms with Gasteiger partial charge in [0.05, 0.1) is 13.7 Å². The Labute approximate surface area is 63.6 Å². The van der Waals surface area contributed by atoms with Gasteiger partial charge in [-0.05, 0) is 6.92 Å². The zero-order chi connectivity index (χ0) is 9.07. The van der Waals surface area contributed by atoms with E-state index in [4.69, 9.17) is 10.2 Å². The Kier molecular flexibility index (Phi) is 3.00. The molecule has 0 heterocycles. The van der Waals surface area contributed by atoms with Gasteiger partial charge in [-0.3, -0.25) is 9.59 Å². The monoisotopic (exact) mass is 162 g/mol. The summed E-state index contributed by atoms with van der Waals surface area (Å²) in [6.45, 7) is 0.330. The molecule has 0 aromatic carbocycles. The van der Waals surface area contributed by atoms with Crippen LogP contribution < -0.4 is 0 Å². The Morgan fingerprint density at radius 2 is 2.00 bits per heavy atom. The van der Waals surface area contributed by atoms with E-state index in [1.54, 1.807) is 0 Å². The van der Waals surface area contributed by atoms with Crippen LogP contribution >= 0.6 is 0 Å². The summed E-state index contributed by atoms with van der Waals surface area (Å²) in [6, 6.07) is 0. The number of ether oxygens (including phenoxy) is 1. The standard InChI is InChI=1S/C6H10O5/c1-6(3-7,4(8)9)5(10)11-2/h7H,3H2,1-2H3,(H,8,9). The molecule has 5 nitrogen and oxygen atoms in total. The third-order valence-corrected chi connectivity index (χ3v) is 1.42. The van der Waals surface area contributed by atoms with Crippen LogP contribution in [0, 0.1) is 5.41 Å². The van der Waals surface area contributed by atoms with E-state index in [-0.39, 0.29) is 0 Å². The molecular formula is C6H10O5. The number of aliphatic carboxylic acids is 1. The van der Waals surface area contributed by atoms with Crippen LogP contribution in [-0.2, 0) is 14.3 Å². The predicted octanol–water partition coefficient (Wildman–Crippen LogP) is -0.757.